The van der Waals surface area contributed by atoms with Gasteiger partial charge in [0.15, 0.2) is 0 Å². The van der Waals surface area contributed by atoms with Crippen molar-refractivity contribution < 1.29 is 4.74 Å². The summed E-state index contributed by atoms with van der Waals surface area (Å²) in [6, 6.07) is 30.9. The van der Waals surface area contributed by atoms with Gasteiger partial charge < -0.3 is 4.74 Å². The summed E-state index contributed by atoms with van der Waals surface area (Å²) < 4.78 is 6.92. The molecule has 0 unspecified atom stereocenters. The molecule has 0 atom stereocenters. The third-order valence-corrected chi connectivity index (χ3v) is 5.90. The first-order chi connectivity index (χ1) is 17.6. The van der Waals surface area contributed by atoms with Crippen LogP contribution in [0.5, 0.6) is 5.75 Å². The summed E-state index contributed by atoms with van der Waals surface area (Å²) in [5.74, 6) is 7.75. The lowest BCUT2D eigenvalue weighted by Crippen LogP contribution is -2.23. The molecule has 1 aromatic heterocycles. The van der Waals surface area contributed by atoms with Gasteiger partial charge >= 0.3 is 0 Å². The maximum absolute atomic E-state index is 13.6. The maximum Gasteiger partial charge on any atom is 0.266 e. The van der Waals surface area contributed by atoms with Crippen molar-refractivity contribution in [3.63, 3.8) is 0 Å². The second kappa shape index (κ2) is 10.2. The van der Waals surface area contributed by atoms with Gasteiger partial charge in [-0.1, -0.05) is 60.4 Å². The SMILES string of the molecule is COc1ccc(/C=C/c2nc3ccccc3c(=O)n2-c2ccc(C#Cc3ccccc3)cc2C)cc1. The fourth-order valence-corrected chi connectivity index (χ4v) is 4.03. The van der Waals surface area contributed by atoms with Crippen LogP contribution in [0.25, 0.3) is 28.7 Å². The molecule has 4 heteroatoms. The molecule has 36 heavy (non-hydrogen) atoms. The molecule has 0 aliphatic carbocycles. The van der Waals surface area contributed by atoms with Crippen LogP contribution in [0.15, 0.2) is 102 Å². The van der Waals surface area contributed by atoms with Crippen LogP contribution in [0.4, 0.5) is 0 Å². The first-order valence-electron chi connectivity index (χ1n) is 11.6. The van der Waals surface area contributed by atoms with E-state index < -0.39 is 0 Å². The molecule has 0 bridgehead atoms. The number of aryl methyl sites for hydroxylation is 1. The smallest absolute Gasteiger partial charge is 0.266 e. The minimum atomic E-state index is -0.110. The van der Waals surface area contributed by atoms with Crippen molar-refractivity contribution in [3.8, 4) is 23.3 Å². The highest BCUT2D eigenvalue weighted by molar-refractivity contribution is 5.80. The fraction of sp³-hybridized carbons (Fsp3) is 0.0625. The molecular formula is C32H24N2O2. The lowest BCUT2D eigenvalue weighted by Gasteiger charge is -2.14. The fourth-order valence-electron chi connectivity index (χ4n) is 4.03. The molecule has 0 saturated heterocycles. The first-order valence-corrected chi connectivity index (χ1v) is 11.6. The number of para-hydroxylation sites is 1. The Balaban J connectivity index is 1.60. The van der Waals surface area contributed by atoms with Gasteiger partial charge in [-0.15, -0.1) is 0 Å². The predicted molar refractivity (Wildman–Crippen MR) is 146 cm³/mol. The zero-order chi connectivity index (χ0) is 24.9. The summed E-state index contributed by atoms with van der Waals surface area (Å²) in [4.78, 5) is 18.5. The standard InChI is InChI=1S/C32H24N2O2/c1-23-22-26(13-12-24-8-4-3-5-9-24)16-20-30(23)34-31(21-17-25-14-18-27(36-2)19-15-25)33-29-11-7-6-10-28(29)32(34)35/h3-11,14-22H,1-2H3/b21-17+. The Bertz CT molecular complexity index is 1690. The van der Waals surface area contributed by atoms with E-state index in [9.17, 15) is 4.79 Å². The molecule has 0 saturated carbocycles. The molecule has 4 nitrogen and oxygen atoms in total. The van der Waals surface area contributed by atoms with Crippen LogP contribution in [0.2, 0.25) is 0 Å². The monoisotopic (exact) mass is 468 g/mol. The molecule has 5 aromatic rings. The van der Waals surface area contributed by atoms with E-state index in [0.717, 1.165) is 33.7 Å². The summed E-state index contributed by atoms with van der Waals surface area (Å²) in [7, 11) is 1.64. The van der Waals surface area contributed by atoms with Crippen molar-refractivity contribution in [1.29, 1.82) is 0 Å². The van der Waals surface area contributed by atoms with Crippen molar-refractivity contribution in [3.05, 3.63) is 135 Å². The topological polar surface area (TPSA) is 44.1 Å². The van der Waals surface area contributed by atoms with Gasteiger partial charge in [-0.3, -0.25) is 9.36 Å². The van der Waals surface area contributed by atoms with Crippen LogP contribution in [-0.4, -0.2) is 16.7 Å². The molecule has 0 aliphatic heterocycles. The van der Waals surface area contributed by atoms with Gasteiger partial charge in [0.2, 0.25) is 0 Å². The van der Waals surface area contributed by atoms with Gasteiger partial charge in [0.1, 0.15) is 11.6 Å². The molecule has 0 aliphatic rings. The number of rotatable bonds is 4. The Labute approximate surface area is 210 Å². The highest BCUT2D eigenvalue weighted by atomic mass is 16.5. The Hall–Kier alpha value is -4.88. The van der Waals surface area contributed by atoms with Gasteiger partial charge in [-0.05, 0) is 78.7 Å². The number of fused-ring (bicyclic) bond motifs is 1. The summed E-state index contributed by atoms with van der Waals surface area (Å²) in [6.45, 7) is 1.99. The zero-order valence-corrected chi connectivity index (χ0v) is 20.1. The van der Waals surface area contributed by atoms with E-state index in [0.29, 0.717) is 16.7 Å². The van der Waals surface area contributed by atoms with Gasteiger partial charge in [-0.25, -0.2) is 4.98 Å². The van der Waals surface area contributed by atoms with E-state index in [1.165, 1.54) is 0 Å². The number of hydrogen-bond acceptors (Lipinski definition) is 3. The summed E-state index contributed by atoms with van der Waals surface area (Å²) in [5, 5.41) is 0.575. The molecule has 0 fully saturated rings. The largest absolute Gasteiger partial charge is 0.497 e. The van der Waals surface area contributed by atoms with E-state index in [4.69, 9.17) is 9.72 Å². The van der Waals surface area contributed by atoms with Gasteiger partial charge in [0.25, 0.3) is 5.56 Å². The van der Waals surface area contributed by atoms with Gasteiger partial charge in [0, 0.05) is 11.1 Å². The summed E-state index contributed by atoms with van der Waals surface area (Å²) in [5.41, 5.74) is 5.09. The summed E-state index contributed by atoms with van der Waals surface area (Å²) >= 11 is 0. The molecular weight excluding hydrogens is 444 g/mol. The number of benzene rings is 4. The van der Waals surface area contributed by atoms with E-state index in [1.807, 2.05) is 116 Å². The Morgan fingerprint density at radius 2 is 1.53 bits per heavy atom. The quantitative estimate of drug-likeness (QED) is 0.292. The Morgan fingerprint density at radius 3 is 2.28 bits per heavy atom. The van der Waals surface area contributed by atoms with Crippen molar-refractivity contribution in [1.82, 2.24) is 9.55 Å². The number of hydrogen-bond donors (Lipinski definition) is 0. The van der Waals surface area contributed by atoms with Crippen molar-refractivity contribution in [2.24, 2.45) is 0 Å². The Morgan fingerprint density at radius 1 is 0.806 bits per heavy atom. The van der Waals surface area contributed by atoms with Crippen LogP contribution < -0.4 is 10.3 Å². The number of aromatic nitrogens is 2. The van der Waals surface area contributed by atoms with Crippen LogP contribution in [-0.2, 0) is 0 Å². The van der Waals surface area contributed by atoms with Crippen LogP contribution in [0, 0.1) is 18.8 Å². The lowest BCUT2D eigenvalue weighted by atomic mass is 10.1. The maximum atomic E-state index is 13.6. The highest BCUT2D eigenvalue weighted by Gasteiger charge is 2.13. The molecule has 0 amide bonds. The lowest BCUT2D eigenvalue weighted by molar-refractivity contribution is 0.415. The van der Waals surface area contributed by atoms with Gasteiger partial charge in [0.05, 0.1) is 23.7 Å². The van der Waals surface area contributed by atoms with E-state index in [2.05, 4.69) is 11.8 Å². The minimum absolute atomic E-state index is 0.110. The predicted octanol–water partition coefficient (Wildman–Crippen LogP) is 6.27. The van der Waals surface area contributed by atoms with Crippen LogP contribution in [0.3, 0.4) is 0 Å². The zero-order valence-electron chi connectivity index (χ0n) is 20.1. The Kier molecular flexibility index (Phi) is 6.46. The first kappa shape index (κ1) is 22.9. The molecule has 1 heterocycles. The third-order valence-electron chi connectivity index (χ3n) is 5.90. The van der Waals surface area contributed by atoms with E-state index in [1.54, 1.807) is 11.7 Å². The molecule has 0 spiro atoms. The molecule has 4 aromatic carbocycles. The average molecular weight is 469 g/mol. The van der Waals surface area contributed by atoms with E-state index in [-0.39, 0.29) is 5.56 Å². The number of nitrogens with zero attached hydrogens (tertiary/aromatic N) is 2. The second-order valence-corrected chi connectivity index (χ2v) is 8.35. The normalized spacial score (nSPS) is 10.8. The number of ether oxygens (including phenoxy) is 1. The number of methoxy groups -OCH3 is 1. The van der Waals surface area contributed by atoms with E-state index >= 15 is 0 Å². The second-order valence-electron chi connectivity index (χ2n) is 8.35. The molecule has 174 valence electrons. The van der Waals surface area contributed by atoms with Crippen molar-refractivity contribution >= 4 is 23.1 Å². The van der Waals surface area contributed by atoms with Crippen molar-refractivity contribution in [2.45, 2.75) is 6.92 Å². The summed E-state index contributed by atoms with van der Waals surface area (Å²) in [6.07, 6.45) is 3.82. The minimum Gasteiger partial charge on any atom is -0.497 e. The molecule has 0 radical (unpaired) electrons. The van der Waals surface area contributed by atoms with Gasteiger partial charge in [-0.2, -0.15) is 0 Å². The average Bonchev–Trinajstić information content (AvgIpc) is 2.92. The molecule has 0 N–H and O–H groups in total. The van der Waals surface area contributed by atoms with Crippen LogP contribution >= 0.6 is 0 Å². The highest BCUT2D eigenvalue weighted by Crippen LogP contribution is 2.20. The van der Waals surface area contributed by atoms with Crippen molar-refractivity contribution in [2.75, 3.05) is 7.11 Å². The van der Waals surface area contributed by atoms with Crippen LogP contribution in [0.1, 0.15) is 28.1 Å². The molecule has 5 rings (SSSR count). The third kappa shape index (κ3) is 4.82.